The quantitative estimate of drug-likeness (QED) is 0.844. The van der Waals surface area contributed by atoms with Gasteiger partial charge in [-0.3, -0.25) is 9.48 Å². The summed E-state index contributed by atoms with van der Waals surface area (Å²) >= 11 is 5.75. The van der Waals surface area contributed by atoms with Crippen molar-refractivity contribution in [2.24, 2.45) is 0 Å². The molecule has 2 aromatic rings. The maximum atomic E-state index is 11.8. The number of rotatable bonds is 4. The Bertz CT molecular complexity index is 594. The van der Waals surface area contributed by atoms with E-state index in [4.69, 9.17) is 17.3 Å². The number of nitrogens with one attached hydrogen (secondary N) is 1. The van der Waals surface area contributed by atoms with Gasteiger partial charge in [-0.2, -0.15) is 5.10 Å². The Labute approximate surface area is 116 Å². The number of benzene rings is 1. The first-order valence-corrected chi connectivity index (χ1v) is 6.27. The highest BCUT2D eigenvalue weighted by Gasteiger charge is 2.07. The zero-order valence-corrected chi connectivity index (χ0v) is 11.3. The molecule has 0 saturated heterocycles. The third-order valence-electron chi connectivity index (χ3n) is 2.82. The first-order valence-electron chi connectivity index (χ1n) is 5.89. The molecule has 0 aliphatic rings. The van der Waals surface area contributed by atoms with Gasteiger partial charge in [0.05, 0.1) is 11.2 Å². The van der Waals surface area contributed by atoms with Crippen LogP contribution in [-0.4, -0.2) is 15.7 Å². The van der Waals surface area contributed by atoms with E-state index in [0.29, 0.717) is 23.7 Å². The van der Waals surface area contributed by atoms with Crippen molar-refractivity contribution < 1.29 is 4.79 Å². The van der Waals surface area contributed by atoms with Crippen LogP contribution in [0.25, 0.3) is 0 Å². The summed E-state index contributed by atoms with van der Waals surface area (Å²) in [5.74, 6) is -0.0830. The Balaban J connectivity index is 1.92. The van der Waals surface area contributed by atoms with Gasteiger partial charge in [-0.25, -0.2) is 0 Å². The Morgan fingerprint density at radius 1 is 1.53 bits per heavy atom. The van der Waals surface area contributed by atoms with E-state index in [2.05, 4.69) is 10.4 Å². The SMILES string of the molecule is Cc1c(N)cccc1NC(=O)CCn1cc(Cl)cn1. The van der Waals surface area contributed by atoms with Crippen LogP contribution in [0.3, 0.4) is 0 Å². The zero-order chi connectivity index (χ0) is 13.8. The second kappa shape index (κ2) is 5.75. The van der Waals surface area contributed by atoms with Gasteiger partial charge in [0.2, 0.25) is 5.91 Å². The highest BCUT2D eigenvalue weighted by Crippen LogP contribution is 2.20. The van der Waals surface area contributed by atoms with Crippen molar-refractivity contribution in [2.75, 3.05) is 11.1 Å². The summed E-state index contributed by atoms with van der Waals surface area (Å²) < 4.78 is 1.63. The van der Waals surface area contributed by atoms with Gasteiger partial charge in [-0.15, -0.1) is 0 Å². The number of carbonyl (C=O) groups excluding carboxylic acids is 1. The molecule has 0 aliphatic heterocycles. The molecule has 0 atom stereocenters. The Hall–Kier alpha value is -2.01. The summed E-state index contributed by atoms with van der Waals surface area (Å²) in [6.07, 6.45) is 3.55. The minimum Gasteiger partial charge on any atom is -0.398 e. The first kappa shape index (κ1) is 13.4. The summed E-state index contributed by atoms with van der Waals surface area (Å²) in [5, 5.41) is 7.41. The number of nitrogens with zero attached hydrogens (tertiary/aromatic N) is 2. The fourth-order valence-electron chi connectivity index (χ4n) is 1.68. The molecule has 2 rings (SSSR count). The van der Waals surface area contributed by atoms with Crippen LogP contribution in [0.15, 0.2) is 30.6 Å². The number of amides is 1. The predicted molar refractivity (Wildman–Crippen MR) is 76.1 cm³/mol. The lowest BCUT2D eigenvalue weighted by Gasteiger charge is -2.10. The summed E-state index contributed by atoms with van der Waals surface area (Å²) in [4.78, 5) is 11.8. The van der Waals surface area contributed by atoms with E-state index < -0.39 is 0 Å². The normalized spacial score (nSPS) is 10.4. The Morgan fingerprint density at radius 3 is 3.00 bits per heavy atom. The maximum Gasteiger partial charge on any atom is 0.226 e. The molecule has 0 saturated carbocycles. The standard InChI is InChI=1S/C13H15ClN4O/c1-9-11(15)3-2-4-12(9)17-13(19)5-6-18-8-10(14)7-16-18/h2-4,7-8H,5-6,15H2,1H3,(H,17,19). The number of hydrogen-bond donors (Lipinski definition) is 2. The third kappa shape index (κ3) is 3.48. The summed E-state index contributed by atoms with van der Waals surface area (Å²) in [6.45, 7) is 2.36. The molecule has 0 spiro atoms. The van der Waals surface area contributed by atoms with Crippen molar-refractivity contribution in [3.8, 4) is 0 Å². The van der Waals surface area contributed by atoms with E-state index >= 15 is 0 Å². The monoisotopic (exact) mass is 278 g/mol. The van der Waals surface area contributed by atoms with Gasteiger partial charge in [0.1, 0.15) is 0 Å². The van der Waals surface area contributed by atoms with E-state index in [9.17, 15) is 4.79 Å². The number of nitrogens with two attached hydrogens (primary N) is 1. The molecule has 100 valence electrons. The van der Waals surface area contributed by atoms with Gasteiger partial charge < -0.3 is 11.1 Å². The second-order valence-corrected chi connectivity index (χ2v) is 4.68. The highest BCUT2D eigenvalue weighted by atomic mass is 35.5. The van der Waals surface area contributed by atoms with E-state index in [0.717, 1.165) is 11.3 Å². The lowest BCUT2D eigenvalue weighted by molar-refractivity contribution is -0.116. The highest BCUT2D eigenvalue weighted by molar-refractivity contribution is 6.30. The third-order valence-corrected chi connectivity index (χ3v) is 3.01. The number of carbonyl (C=O) groups is 1. The van der Waals surface area contributed by atoms with Crippen LogP contribution >= 0.6 is 11.6 Å². The molecule has 3 N–H and O–H groups in total. The smallest absolute Gasteiger partial charge is 0.226 e. The van der Waals surface area contributed by atoms with Crippen molar-refractivity contribution in [3.05, 3.63) is 41.2 Å². The molecule has 0 bridgehead atoms. The minimum atomic E-state index is -0.0830. The molecule has 5 nitrogen and oxygen atoms in total. The zero-order valence-electron chi connectivity index (χ0n) is 10.6. The molecule has 0 aliphatic carbocycles. The van der Waals surface area contributed by atoms with E-state index in [-0.39, 0.29) is 5.91 Å². The molecule has 1 aromatic carbocycles. The predicted octanol–water partition coefficient (Wildman–Crippen LogP) is 2.46. The van der Waals surface area contributed by atoms with Crippen LogP contribution in [0.1, 0.15) is 12.0 Å². The van der Waals surface area contributed by atoms with Gasteiger partial charge in [-0.05, 0) is 24.6 Å². The number of nitrogen functional groups attached to an aromatic ring is 1. The second-order valence-electron chi connectivity index (χ2n) is 4.24. The number of aryl methyl sites for hydroxylation is 1. The molecule has 1 heterocycles. The largest absolute Gasteiger partial charge is 0.398 e. The number of aromatic nitrogens is 2. The Kier molecular flexibility index (Phi) is 4.06. The van der Waals surface area contributed by atoms with Gasteiger partial charge in [0.15, 0.2) is 0 Å². The van der Waals surface area contributed by atoms with E-state index in [1.165, 1.54) is 0 Å². The van der Waals surface area contributed by atoms with Crippen molar-refractivity contribution in [1.82, 2.24) is 9.78 Å². The molecular formula is C13H15ClN4O. The average Bonchev–Trinajstić information content (AvgIpc) is 2.78. The number of halogens is 1. The van der Waals surface area contributed by atoms with Crippen LogP contribution in [0.4, 0.5) is 11.4 Å². The minimum absolute atomic E-state index is 0.0830. The lowest BCUT2D eigenvalue weighted by Crippen LogP contribution is -2.15. The summed E-state index contributed by atoms with van der Waals surface area (Å²) in [5.41, 5.74) is 8.06. The number of anilines is 2. The maximum absolute atomic E-state index is 11.8. The van der Waals surface area contributed by atoms with Crippen molar-refractivity contribution >= 4 is 28.9 Å². The van der Waals surface area contributed by atoms with Crippen LogP contribution in [-0.2, 0) is 11.3 Å². The van der Waals surface area contributed by atoms with Crippen LogP contribution in [0, 0.1) is 6.92 Å². The van der Waals surface area contributed by atoms with Gasteiger partial charge in [0.25, 0.3) is 0 Å². The molecule has 0 radical (unpaired) electrons. The molecule has 6 heteroatoms. The molecule has 1 aromatic heterocycles. The molecule has 19 heavy (non-hydrogen) atoms. The van der Waals surface area contributed by atoms with Crippen molar-refractivity contribution in [1.29, 1.82) is 0 Å². The van der Waals surface area contributed by atoms with Crippen LogP contribution in [0.5, 0.6) is 0 Å². The average molecular weight is 279 g/mol. The topological polar surface area (TPSA) is 72.9 Å². The molecule has 0 fully saturated rings. The van der Waals surface area contributed by atoms with Crippen molar-refractivity contribution in [2.45, 2.75) is 19.9 Å². The van der Waals surface area contributed by atoms with Crippen LogP contribution in [0.2, 0.25) is 5.02 Å². The fraction of sp³-hybridized carbons (Fsp3) is 0.231. The van der Waals surface area contributed by atoms with Gasteiger partial charge in [0, 0.05) is 30.5 Å². The fourth-order valence-corrected chi connectivity index (χ4v) is 1.83. The summed E-state index contributed by atoms with van der Waals surface area (Å²) in [7, 11) is 0. The van der Waals surface area contributed by atoms with E-state index in [1.807, 2.05) is 19.1 Å². The first-order chi connectivity index (χ1) is 9.06. The lowest BCUT2D eigenvalue weighted by atomic mass is 10.1. The van der Waals surface area contributed by atoms with Crippen LogP contribution < -0.4 is 11.1 Å². The molecule has 0 unspecified atom stereocenters. The number of hydrogen-bond acceptors (Lipinski definition) is 3. The molecule has 1 amide bonds. The van der Waals surface area contributed by atoms with Gasteiger partial charge in [-0.1, -0.05) is 17.7 Å². The van der Waals surface area contributed by atoms with Crippen molar-refractivity contribution in [3.63, 3.8) is 0 Å². The Morgan fingerprint density at radius 2 is 2.32 bits per heavy atom. The van der Waals surface area contributed by atoms with E-state index in [1.54, 1.807) is 23.1 Å². The van der Waals surface area contributed by atoms with Gasteiger partial charge >= 0.3 is 0 Å². The summed E-state index contributed by atoms with van der Waals surface area (Å²) in [6, 6.07) is 5.44. The molecular weight excluding hydrogens is 264 g/mol.